The molecule has 0 radical (unpaired) electrons. The van der Waals surface area contributed by atoms with E-state index in [0.29, 0.717) is 0 Å². The Balaban J connectivity index is 0.000000162. The van der Waals surface area contributed by atoms with Crippen molar-refractivity contribution >= 4 is 0 Å². The van der Waals surface area contributed by atoms with E-state index in [9.17, 15) is 0 Å². The van der Waals surface area contributed by atoms with Gasteiger partial charge in [-0.2, -0.15) is 0 Å². The molecule has 2 nitrogen and oxygen atoms in total. The third-order valence-electron chi connectivity index (χ3n) is 0.347. The molecule has 0 saturated heterocycles. The van der Waals surface area contributed by atoms with E-state index in [0.717, 1.165) is 0 Å². The molecule has 0 saturated carbocycles. The summed E-state index contributed by atoms with van der Waals surface area (Å²) in [5.74, 6) is 0. The standard InChI is InChI=1S/C3H3NO.C2H4/c1-2-5-3-4-1;1-2/h1-3H;1-2H2. The van der Waals surface area contributed by atoms with Gasteiger partial charge in [-0.3, -0.25) is 0 Å². The van der Waals surface area contributed by atoms with Crippen LogP contribution in [-0.2, 0) is 0 Å². The predicted octanol–water partition coefficient (Wildman–Crippen LogP) is 1.48. The SMILES string of the molecule is C=C.c1cocn1. The van der Waals surface area contributed by atoms with Crippen molar-refractivity contribution in [2.75, 3.05) is 0 Å². The van der Waals surface area contributed by atoms with Crippen molar-refractivity contribution in [3.63, 3.8) is 0 Å². The van der Waals surface area contributed by atoms with Gasteiger partial charge in [0.2, 0.25) is 0 Å². The largest absolute Gasteiger partial charge is 0.452 e. The second-order valence-corrected chi connectivity index (χ2v) is 0.676. The summed E-state index contributed by atoms with van der Waals surface area (Å²) in [6.45, 7) is 6.00. The Morgan fingerprint density at radius 2 is 2.14 bits per heavy atom. The molecule has 0 N–H and O–H groups in total. The van der Waals surface area contributed by atoms with Gasteiger partial charge in [0.25, 0.3) is 0 Å². The van der Waals surface area contributed by atoms with Gasteiger partial charge >= 0.3 is 0 Å². The first kappa shape index (κ1) is 5.95. The van der Waals surface area contributed by atoms with Crippen LogP contribution < -0.4 is 0 Å². The normalized spacial score (nSPS) is 6.29. The van der Waals surface area contributed by atoms with E-state index < -0.39 is 0 Å². The van der Waals surface area contributed by atoms with E-state index in [4.69, 9.17) is 0 Å². The van der Waals surface area contributed by atoms with Crippen molar-refractivity contribution in [1.82, 2.24) is 4.98 Å². The molecule has 0 aromatic carbocycles. The fourth-order valence-corrected chi connectivity index (χ4v) is 0.176. The monoisotopic (exact) mass is 97.1 g/mol. The van der Waals surface area contributed by atoms with Gasteiger partial charge in [-0.25, -0.2) is 4.98 Å². The van der Waals surface area contributed by atoms with Crippen molar-refractivity contribution in [3.05, 3.63) is 32.0 Å². The first-order valence-corrected chi connectivity index (χ1v) is 1.82. The molecule has 0 unspecified atom stereocenters. The molecule has 38 valence electrons. The summed E-state index contributed by atoms with van der Waals surface area (Å²) in [7, 11) is 0. The number of nitrogens with zero attached hydrogens (tertiary/aromatic N) is 1. The summed E-state index contributed by atoms with van der Waals surface area (Å²) in [6.07, 6.45) is 4.47. The summed E-state index contributed by atoms with van der Waals surface area (Å²) in [6, 6.07) is 0. The molecular weight excluding hydrogens is 90.1 g/mol. The molecule has 1 heterocycles. The maximum absolute atomic E-state index is 4.47. The van der Waals surface area contributed by atoms with Crippen LogP contribution in [0.2, 0.25) is 0 Å². The maximum atomic E-state index is 4.47. The highest BCUT2D eigenvalue weighted by atomic mass is 16.3. The van der Waals surface area contributed by atoms with Crippen molar-refractivity contribution in [3.8, 4) is 0 Å². The van der Waals surface area contributed by atoms with Crippen molar-refractivity contribution in [2.24, 2.45) is 0 Å². The Morgan fingerprint density at radius 3 is 2.29 bits per heavy atom. The molecule has 0 aliphatic rings. The molecule has 0 bridgehead atoms. The highest BCUT2D eigenvalue weighted by molar-refractivity contribution is 4.56. The van der Waals surface area contributed by atoms with E-state index in [-0.39, 0.29) is 0 Å². The van der Waals surface area contributed by atoms with Gasteiger partial charge in [-0.05, 0) is 0 Å². The summed E-state index contributed by atoms with van der Waals surface area (Å²) >= 11 is 0. The lowest BCUT2D eigenvalue weighted by Crippen LogP contribution is -1.38. The zero-order chi connectivity index (χ0) is 5.54. The van der Waals surface area contributed by atoms with Crippen LogP contribution >= 0.6 is 0 Å². The van der Waals surface area contributed by atoms with E-state index in [1.165, 1.54) is 12.7 Å². The Hall–Kier alpha value is -1.05. The molecule has 0 amide bonds. The number of rotatable bonds is 0. The molecule has 1 rings (SSSR count). The van der Waals surface area contributed by atoms with E-state index in [1.807, 2.05) is 0 Å². The van der Waals surface area contributed by atoms with Crippen LogP contribution in [-0.4, -0.2) is 4.98 Å². The third kappa shape index (κ3) is 2.76. The maximum Gasteiger partial charge on any atom is 0.180 e. The van der Waals surface area contributed by atoms with Crippen LogP contribution in [0.25, 0.3) is 0 Å². The van der Waals surface area contributed by atoms with Crippen LogP contribution in [0.15, 0.2) is 36.4 Å². The van der Waals surface area contributed by atoms with Gasteiger partial charge < -0.3 is 4.42 Å². The van der Waals surface area contributed by atoms with Crippen LogP contribution in [0.5, 0.6) is 0 Å². The van der Waals surface area contributed by atoms with Gasteiger partial charge in [-0.1, -0.05) is 0 Å². The minimum atomic E-state index is 1.38. The number of hydrogen-bond acceptors (Lipinski definition) is 2. The molecule has 0 spiro atoms. The molecule has 7 heavy (non-hydrogen) atoms. The molecule has 0 aliphatic carbocycles. The zero-order valence-electron chi connectivity index (χ0n) is 4.00. The number of oxazole rings is 1. The van der Waals surface area contributed by atoms with E-state index in [2.05, 4.69) is 22.6 Å². The molecule has 0 atom stereocenters. The molecule has 1 aromatic rings. The lowest BCUT2D eigenvalue weighted by atomic mass is 11.0. The first-order chi connectivity index (χ1) is 3.50. The number of aromatic nitrogens is 1. The van der Waals surface area contributed by atoms with Crippen LogP contribution in [0, 0.1) is 0 Å². The zero-order valence-corrected chi connectivity index (χ0v) is 4.00. The second-order valence-electron chi connectivity index (χ2n) is 0.676. The Labute approximate surface area is 42.5 Å². The highest BCUT2D eigenvalue weighted by Gasteiger charge is 1.59. The van der Waals surface area contributed by atoms with Crippen molar-refractivity contribution in [2.45, 2.75) is 0 Å². The Kier molecular flexibility index (Phi) is 4.21. The average Bonchev–Trinajstić information content (AvgIpc) is 2.23. The fourth-order valence-electron chi connectivity index (χ4n) is 0.176. The fraction of sp³-hybridized carbons (Fsp3) is 0. The predicted molar refractivity (Wildman–Crippen MR) is 27.8 cm³/mol. The second kappa shape index (κ2) is 4.95. The molecular formula is C5H7NO. The van der Waals surface area contributed by atoms with Crippen LogP contribution in [0.3, 0.4) is 0 Å². The quantitative estimate of drug-likeness (QED) is 0.458. The summed E-state index contributed by atoms with van der Waals surface area (Å²) in [5.41, 5.74) is 0. The van der Waals surface area contributed by atoms with Crippen LogP contribution in [0.1, 0.15) is 0 Å². The molecule has 0 aliphatic heterocycles. The van der Waals surface area contributed by atoms with Gasteiger partial charge in [0, 0.05) is 0 Å². The topological polar surface area (TPSA) is 26.0 Å². The molecule has 1 aromatic heterocycles. The number of hydrogen-bond donors (Lipinski definition) is 0. The van der Waals surface area contributed by atoms with Crippen molar-refractivity contribution < 1.29 is 4.42 Å². The summed E-state index contributed by atoms with van der Waals surface area (Å²) < 4.78 is 4.47. The summed E-state index contributed by atoms with van der Waals surface area (Å²) in [5, 5.41) is 0. The Bertz CT molecular complexity index is 75.0. The van der Waals surface area contributed by atoms with Crippen molar-refractivity contribution in [1.29, 1.82) is 0 Å². The van der Waals surface area contributed by atoms with E-state index >= 15 is 0 Å². The molecule has 2 heteroatoms. The van der Waals surface area contributed by atoms with Crippen LogP contribution in [0.4, 0.5) is 0 Å². The molecule has 0 fully saturated rings. The highest BCUT2D eigenvalue weighted by Crippen LogP contribution is 1.72. The minimum Gasteiger partial charge on any atom is -0.452 e. The lowest BCUT2D eigenvalue weighted by Gasteiger charge is -1.47. The van der Waals surface area contributed by atoms with Gasteiger partial charge in [0.1, 0.15) is 6.26 Å². The van der Waals surface area contributed by atoms with Gasteiger partial charge in [0.05, 0.1) is 6.20 Å². The third-order valence-corrected chi connectivity index (χ3v) is 0.347. The van der Waals surface area contributed by atoms with Gasteiger partial charge in [0.15, 0.2) is 6.39 Å². The Morgan fingerprint density at radius 1 is 1.43 bits per heavy atom. The lowest BCUT2D eigenvalue weighted by molar-refractivity contribution is 0.558. The minimum absolute atomic E-state index is 1.38. The summed E-state index contributed by atoms with van der Waals surface area (Å²) in [4.78, 5) is 3.56. The van der Waals surface area contributed by atoms with Gasteiger partial charge in [-0.15, -0.1) is 13.2 Å². The smallest absolute Gasteiger partial charge is 0.180 e. The van der Waals surface area contributed by atoms with E-state index in [1.54, 1.807) is 6.20 Å². The average molecular weight is 97.1 g/mol. The first-order valence-electron chi connectivity index (χ1n) is 1.82.